The summed E-state index contributed by atoms with van der Waals surface area (Å²) in [7, 11) is -2.57. The van der Waals surface area contributed by atoms with Crippen molar-refractivity contribution in [2.24, 2.45) is 0 Å². The number of hydrogen-bond acceptors (Lipinski definition) is 2. The average Bonchev–Trinajstić information content (AvgIpc) is 2.28. The second kappa shape index (κ2) is 5.32. The van der Waals surface area contributed by atoms with Crippen LogP contribution in [0.2, 0.25) is 0 Å². The third kappa shape index (κ3) is 2.44. The summed E-state index contributed by atoms with van der Waals surface area (Å²) < 4.78 is 15.7. The lowest BCUT2D eigenvalue weighted by Gasteiger charge is -2.33. The molecule has 0 heterocycles. The van der Waals surface area contributed by atoms with Gasteiger partial charge in [-0.15, -0.1) is 0 Å². The van der Waals surface area contributed by atoms with Crippen LogP contribution in [-0.4, -0.2) is 16.8 Å². The van der Waals surface area contributed by atoms with E-state index in [1.54, 1.807) is 19.1 Å². The first-order chi connectivity index (χ1) is 7.36. The Bertz CT molecular complexity index is 396. The molecule has 90 valence electrons. The summed E-state index contributed by atoms with van der Waals surface area (Å²) in [6, 6.07) is 9.06. The van der Waals surface area contributed by atoms with Gasteiger partial charge >= 0.3 is 7.60 Å². The van der Waals surface area contributed by atoms with Gasteiger partial charge in [0.2, 0.25) is 0 Å². The minimum atomic E-state index is -3.80. The second-order valence-corrected chi connectivity index (χ2v) is 8.71. The smallest absolute Gasteiger partial charge is 0.323 e. The molecule has 1 rings (SSSR count). The van der Waals surface area contributed by atoms with E-state index >= 15 is 0 Å². The van der Waals surface area contributed by atoms with Crippen LogP contribution in [0, 0.1) is 0 Å². The van der Waals surface area contributed by atoms with Crippen molar-refractivity contribution in [3.63, 3.8) is 0 Å². The van der Waals surface area contributed by atoms with Gasteiger partial charge in [-0.3, -0.25) is 4.57 Å². The van der Waals surface area contributed by atoms with Crippen LogP contribution in [0.5, 0.6) is 0 Å². The number of benzene rings is 1. The molecule has 0 saturated heterocycles. The summed E-state index contributed by atoms with van der Waals surface area (Å²) in [6.07, 6.45) is 0. The molecular weight excluding hydrogens is 359 g/mol. The maximum Gasteiger partial charge on any atom is 0.349 e. The number of rotatable bonds is 4. The summed E-state index contributed by atoms with van der Waals surface area (Å²) in [5.41, 5.74) is 0.701. The van der Waals surface area contributed by atoms with Gasteiger partial charge in [-0.05, 0) is 5.56 Å². The van der Waals surface area contributed by atoms with Crippen LogP contribution < -0.4 is 0 Å². The lowest BCUT2D eigenvalue weighted by atomic mass is 10.1. The molecule has 1 N–H and O–H groups in total. The van der Waals surface area contributed by atoms with Crippen LogP contribution in [0.1, 0.15) is 12.5 Å². The first-order valence-corrected chi connectivity index (χ1v) is 7.92. The normalized spacial score (nSPS) is 20.8. The first-order valence-electron chi connectivity index (χ1n) is 4.63. The van der Waals surface area contributed by atoms with Crippen LogP contribution in [0.4, 0.5) is 0 Å². The monoisotopic (exact) mass is 370 g/mol. The highest BCUT2D eigenvalue weighted by atomic mass is 79.9. The molecule has 0 fully saturated rings. The highest BCUT2D eigenvalue weighted by Gasteiger charge is 2.51. The molecule has 0 aliphatic rings. The largest absolute Gasteiger partial charge is 0.349 e. The summed E-state index contributed by atoms with van der Waals surface area (Å²) in [5.74, 6) is 0. The summed E-state index contributed by atoms with van der Waals surface area (Å²) in [6.45, 7) is 1.80. The molecule has 3 unspecified atom stereocenters. The summed E-state index contributed by atoms with van der Waals surface area (Å²) in [4.78, 5) is 9.66. The second-order valence-electron chi connectivity index (χ2n) is 3.36. The van der Waals surface area contributed by atoms with Gasteiger partial charge in [0, 0.05) is 11.9 Å². The van der Waals surface area contributed by atoms with Gasteiger partial charge in [-0.1, -0.05) is 69.1 Å². The van der Waals surface area contributed by atoms with Crippen molar-refractivity contribution < 1.29 is 14.0 Å². The molecule has 0 radical (unpaired) electrons. The average molecular weight is 372 g/mol. The van der Waals surface area contributed by atoms with Crippen molar-refractivity contribution in [2.75, 3.05) is 7.11 Å². The number of hydrogen-bond donors (Lipinski definition) is 1. The maximum atomic E-state index is 12.1. The Morgan fingerprint density at radius 3 is 2.31 bits per heavy atom. The topological polar surface area (TPSA) is 46.5 Å². The van der Waals surface area contributed by atoms with Crippen LogP contribution >= 0.6 is 39.5 Å². The van der Waals surface area contributed by atoms with Crippen molar-refractivity contribution >= 4 is 39.5 Å². The van der Waals surface area contributed by atoms with Gasteiger partial charge in [0.25, 0.3) is 0 Å². The summed E-state index contributed by atoms with van der Waals surface area (Å²) >= 11 is 6.71. The third-order valence-electron chi connectivity index (χ3n) is 2.36. The molecule has 1 aromatic rings. The Kier molecular flexibility index (Phi) is 4.78. The molecule has 0 bridgehead atoms. The standard InChI is InChI=1S/C10H13Br2O3P/c1-8(11)10(12,16(13,14)15-2)9-6-4-3-5-7-9/h3-8H,1-2H3,(H,13,14). The molecule has 0 aliphatic carbocycles. The van der Waals surface area contributed by atoms with E-state index in [1.165, 1.54) is 7.11 Å². The molecule has 3 atom stereocenters. The van der Waals surface area contributed by atoms with Gasteiger partial charge in [0.1, 0.15) is 0 Å². The van der Waals surface area contributed by atoms with E-state index in [-0.39, 0.29) is 4.83 Å². The van der Waals surface area contributed by atoms with Gasteiger partial charge < -0.3 is 9.42 Å². The van der Waals surface area contributed by atoms with E-state index in [2.05, 4.69) is 31.9 Å². The van der Waals surface area contributed by atoms with Crippen LogP contribution in [0.25, 0.3) is 0 Å². The fourth-order valence-electron chi connectivity index (χ4n) is 1.42. The highest BCUT2D eigenvalue weighted by molar-refractivity contribution is 9.13. The van der Waals surface area contributed by atoms with E-state index < -0.39 is 11.7 Å². The Morgan fingerprint density at radius 1 is 1.44 bits per heavy atom. The lowest BCUT2D eigenvalue weighted by Crippen LogP contribution is -2.28. The zero-order chi connectivity index (χ0) is 12.4. The SMILES string of the molecule is COP(=O)(O)C(Br)(c1ccccc1)C(C)Br. The lowest BCUT2D eigenvalue weighted by molar-refractivity contribution is 0.300. The third-order valence-corrected chi connectivity index (χ3v) is 8.47. The van der Waals surface area contributed by atoms with Gasteiger partial charge in [0.05, 0.1) is 0 Å². The molecule has 0 spiro atoms. The van der Waals surface area contributed by atoms with E-state index in [0.717, 1.165) is 0 Å². The fraction of sp³-hybridized carbons (Fsp3) is 0.400. The van der Waals surface area contributed by atoms with Crippen molar-refractivity contribution in [3.8, 4) is 0 Å². The Hall–Kier alpha value is 0.330. The van der Waals surface area contributed by atoms with Crippen molar-refractivity contribution in [1.29, 1.82) is 0 Å². The van der Waals surface area contributed by atoms with Crippen molar-refractivity contribution in [3.05, 3.63) is 35.9 Å². The Morgan fingerprint density at radius 2 is 1.94 bits per heavy atom. The van der Waals surface area contributed by atoms with E-state index in [4.69, 9.17) is 4.52 Å². The molecule has 1 aromatic carbocycles. The van der Waals surface area contributed by atoms with Gasteiger partial charge in [-0.25, -0.2) is 0 Å². The van der Waals surface area contributed by atoms with E-state index in [1.807, 2.05) is 18.2 Å². The number of halogens is 2. The molecule has 0 aromatic heterocycles. The van der Waals surface area contributed by atoms with Crippen LogP contribution in [0.3, 0.4) is 0 Å². The minimum absolute atomic E-state index is 0.266. The van der Waals surface area contributed by atoms with Crippen LogP contribution in [-0.2, 0) is 13.2 Å². The molecule has 0 amide bonds. The predicted molar refractivity (Wildman–Crippen MR) is 72.3 cm³/mol. The van der Waals surface area contributed by atoms with Crippen LogP contribution in [0.15, 0.2) is 30.3 Å². The zero-order valence-electron chi connectivity index (χ0n) is 8.93. The van der Waals surface area contributed by atoms with E-state index in [0.29, 0.717) is 5.56 Å². The maximum absolute atomic E-state index is 12.1. The molecule has 16 heavy (non-hydrogen) atoms. The van der Waals surface area contributed by atoms with Gasteiger partial charge in [0.15, 0.2) is 4.07 Å². The first kappa shape index (κ1) is 14.4. The zero-order valence-corrected chi connectivity index (χ0v) is 13.0. The Labute approximate surface area is 112 Å². The minimum Gasteiger partial charge on any atom is -0.323 e. The quantitative estimate of drug-likeness (QED) is 0.645. The predicted octanol–water partition coefficient (Wildman–Crippen LogP) is 3.85. The molecule has 0 aliphatic heterocycles. The van der Waals surface area contributed by atoms with Crippen molar-refractivity contribution in [1.82, 2.24) is 0 Å². The molecule has 6 heteroatoms. The highest BCUT2D eigenvalue weighted by Crippen LogP contribution is 2.67. The molecular formula is C10H13Br2O3P. The fourth-order valence-corrected chi connectivity index (χ4v) is 4.35. The summed E-state index contributed by atoms with van der Waals surface area (Å²) in [5, 5.41) is 0. The molecule has 0 saturated carbocycles. The Balaban J connectivity index is 3.34. The molecule has 3 nitrogen and oxygen atoms in total. The number of alkyl halides is 2. The van der Waals surface area contributed by atoms with E-state index in [9.17, 15) is 9.46 Å². The van der Waals surface area contributed by atoms with Gasteiger partial charge in [-0.2, -0.15) is 0 Å². The van der Waals surface area contributed by atoms with Crippen molar-refractivity contribution in [2.45, 2.75) is 15.8 Å².